The number of pyridine rings is 1. The molecule has 2 aromatic rings. The number of ether oxygens (including phenoxy) is 1. The summed E-state index contributed by atoms with van der Waals surface area (Å²) in [6, 6.07) is 12.8. The standard InChI is InChI=1S/C19H21N3O3/c23-18(15-25-17-7-2-1-3-8-17)21-10-5-11-22(13-12-21)19(24)16-6-4-9-20-14-16/h1-4,6-9,14H,5,10-13,15H2. The van der Waals surface area contributed by atoms with E-state index in [0.717, 1.165) is 6.42 Å². The predicted octanol–water partition coefficient (Wildman–Crippen LogP) is 1.84. The lowest BCUT2D eigenvalue weighted by Gasteiger charge is -2.22. The van der Waals surface area contributed by atoms with Crippen LogP contribution in [0.2, 0.25) is 0 Å². The Balaban J connectivity index is 1.52. The zero-order valence-electron chi connectivity index (χ0n) is 14.0. The normalized spacial score (nSPS) is 14.7. The van der Waals surface area contributed by atoms with E-state index >= 15 is 0 Å². The van der Waals surface area contributed by atoms with Crippen LogP contribution in [-0.4, -0.2) is 59.4 Å². The van der Waals surface area contributed by atoms with Gasteiger partial charge in [-0.3, -0.25) is 14.6 Å². The van der Waals surface area contributed by atoms with Gasteiger partial charge in [0.15, 0.2) is 6.61 Å². The highest BCUT2D eigenvalue weighted by Gasteiger charge is 2.23. The van der Waals surface area contributed by atoms with Crippen LogP contribution in [0.1, 0.15) is 16.8 Å². The maximum Gasteiger partial charge on any atom is 0.260 e. The monoisotopic (exact) mass is 339 g/mol. The molecule has 6 nitrogen and oxygen atoms in total. The first-order valence-electron chi connectivity index (χ1n) is 8.39. The molecule has 1 aromatic carbocycles. The van der Waals surface area contributed by atoms with Crippen LogP contribution in [0.25, 0.3) is 0 Å². The van der Waals surface area contributed by atoms with E-state index in [0.29, 0.717) is 37.5 Å². The number of hydrogen-bond acceptors (Lipinski definition) is 4. The van der Waals surface area contributed by atoms with Gasteiger partial charge < -0.3 is 14.5 Å². The van der Waals surface area contributed by atoms with Gasteiger partial charge in [0.1, 0.15) is 5.75 Å². The third-order valence-corrected chi connectivity index (χ3v) is 4.15. The average molecular weight is 339 g/mol. The van der Waals surface area contributed by atoms with Crippen molar-refractivity contribution in [3.63, 3.8) is 0 Å². The minimum Gasteiger partial charge on any atom is -0.484 e. The topological polar surface area (TPSA) is 62.7 Å². The summed E-state index contributed by atoms with van der Waals surface area (Å²) in [5.41, 5.74) is 0.578. The number of para-hydroxylation sites is 1. The first kappa shape index (κ1) is 17.0. The number of rotatable bonds is 4. The van der Waals surface area contributed by atoms with Crippen LogP contribution in [0, 0.1) is 0 Å². The van der Waals surface area contributed by atoms with Crippen LogP contribution in [0.3, 0.4) is 0 Å². The molecule has 130 valence electrons. The first-order valence-corrected chi connectivity index (χ1v) is 8.39. The third-order valence-electron chi connectivity index (χ3n) is 4.15. The zero-order chi connectivity index (χ0) is 17.5. The van der Waals surface area contributed by atoms with Crippen LogP contribution in [0.5, 0.6) is 5.75 Å². The highest BCUT2D eigenvalue weighted by molar-refractivity contribution is 5.94. The van der Waals surface area contributed by atoms with Gasteiger partial charge >= 0.3 is 0 Å². The lowest BCUT2D eigenvalue weighted by molar-refractivity contribution is -0.133. The van der Waals surface area contributed by atoms with E-state index in [1.54, 1.807) is 34.3 Å². The molecule has 1 saturated heterocycles. The molecule has 1 fully saturated rings. The number of aromatic nitrogens is 1. The Labute approximate surface area is 147 Å². The highest BCUT2D eigenvalue weighted by Crippen LogP contribution is 2.11. The van der Waals surface area contributed by atoms with Crippen molar-refractivity contribution in [2.24, 2.45) is 0 Å². The second kappa shape index (κ2) is 8.28. The Kier molecular flexibility index (Phi) is 5.61. The Morgan fingerprint density at radius 1 is 0.960 bits per heavy atom. The van der Waals surface area contributed by atoms with Crippen LogP contribution < -0.4 is 4.74 Å². The van der Waals surface area contributed by atoms with Crippen molar-refractivity contribution in [2.75, 3.05) is 32.8 Å². The summed E-state index contributed by atoms with van der Waals surface area (Å²) < 4.78 is 5.53. The van der Waals surface area contributed by atoms with Crippen molar-refractivity contribution in [3.05, 3.63) is 60.4 Å². The van der Waals surface area contributed by atoms with Crippen molar-refractivity contribution < 1.29 is 14.3 Å². The lowest BCUT2D eigenvalue weighted by Crippen LogP contribution is -2.39. The van der Waals surface area contributed by atoms with Crippen molar-refractivity contribution in [3.8, 4) is 5.75 Å². The van der Waals surface area contributed by atoms with Gasteiger partial charge in [-0.25, -0.2) is 0 Å². The summed E-state index contributed by atoms with van der Waals surface area (Å²) in [5, 5.41) is 0. The number of nitrogens with zero attached hydrogens (tertiary/aromatic N) is 3. The summed E-state index contributed by atoms with van der Waals surface area (Å²) in [4.78, 5) is 32.4. The van der Waals surface area contributed by atoms with Gasteiger partial charge in [-0.15, -0.1) is 0 Å². The maximum atomic E-state index is 12.5. The molecule has 1 aromatic heterocycles. The van der Waals surface area contributed by atoms with Crippen molar-refractivity contribution in [1.29, 1.82) is 0 Å². The van der Waals surface area contributed by atoms with Crippen LogP contribution in [0.4, 0.5) is 0 Å². The molecule has 6 heteroatoms. The summed E-state index contributed by atoms with van der Waals surface area (Å²) in [5.74, 6) is 0.585. The van der Waals surface area contributed by atoms with E-state index in [4.69, 9.17) is 4.74 Å². The number of carbonyl (C=O) groups is 2. The molecule has 25 heavy (non-hydrogen) atoms. The first-order chi connectivity index (χ1) is 12.2. The fraction of sp³-hybridized carbons (Fsp3) is 0.316. The number of hydrogen-bond donors (Lipinski definition) is 0. The van der Waals surface area contributed by atoms with E-state index in [1.165, 1.54) is 0 Å². The molecule has 2 amide bonds. The Bertz CT molecular complexity index is 706. The third kappa shape index (κ3) is 4.56. The summed E-state index contributed by atoms with van der Waals surface area (Å²) in [7, 11) is 0. The second-order valence-corrected chi connectivity index (χ2v) is 5.87. The average Bonchev–Trinajstić information content (AvgIpc) is 2.93. The van der Waals surface area contributed by atoms with Crippen LogP contribution in [-0.2, 0) is 4.79 Å². The quantitative estimate of drug-likeness (QED) is 0.853. The van der Waals surface area contributed by atoms with E-state index in [9.17, 15) is 9.59 Å². The second-order valence-electron chi connectivity index (χ2n) is 5.87. The number of benzene rings is 1. The van der Waals surface area contributed by atoms with Gasteiger partial charge in [0.25, 0.3) is 11.8 Å². The fourth-order valence-electron chi connectivity index (χ4n) is 2.79. The van der Waals surface area contributed by atoms with E-state index in [1.807, 2.05) is 30.3 Å². The van der Waals surface area contributed by atoms with Gasteiger partial charge in [-0.05, 0) is 30.7 Å². The molecule has 0 saturated carbocycles. The van der Waals surface area contributed by atoms with Crippen molar-refractivity contribution >= 4 is 11.8 Å². The van der Waals surface area contributed by atoms with Crippen molar-refractivity contribution in [2.45, 2.75) is 6.42 Å². The molecule has 1 aliphatic heterocycles. The minimum absolute atomic E-state index is 0.0144. The summed E-state index contributed by atoms with van der Waals surface area (Å²) in [6.45, 7) is 2.32. The van der Waals surface area contributed by atoms with Gasteiger partial charge in [0.2, 0.25) is 0 Å². The fourth-order valence-corrected chi connectivity index (χ4v) is 2.79. The minimum atomic E-state index is -0.0560. The Hall–Kier alpha value is -2.89. The van der Waals surface area contributed by atoms with Crippen molar-refractivity contribution in [1.82, 2.24) is 14.8 Å². The highest BCUT2D eigenvalue weighted by atomic mass is 16.5. The van der Waals surface area contributed by atoms with Crippen LogP contribution >= 0.6 is 0 Å². The molecule has 3 rings (SSSR count). The summed E-state index contributed by atoms with van der Waals surface area (Å²) in [6.07, 6.45) is 3.97. The molecule has 2 heterocycles. The largest absolute Gasteiger partial charge is 0.484 e. The molecule has 0 atom stereocenters. The zero-order valence-corrected chi connectivity index (χ0v) is 14.0. The number of carbonyl (C=O) groups excluding carboxylic acids is 2. The van der Waals surface area contributed by atoms with Crippen LogP contribution in [0.15, 0.2) is 54.9 Å². The maximum absolute atomic E-state index is 12.5. The molecule has 0 radical (unpaired) electrons. The van der Waals surface area contributed by atoms with E-state index in [-0.39, 0.29) is 18.4 Å². The molecular weight excluding hydrogens is 318 g/mol. The SMILES string of the molecule is O=C(COc1ccccc1)N1CCCN(C(=O)c2cccnc2)CC1. The van der Waals surface area contributed by atoms with E-state index < -0.39 is 0 Å². The van der Waals surface area contributed by atoms with Gasteiger partial charge in [0.05, 0.1) is 5.56 Å². The Morgan fingerprint density at radius 2 is 1.72 bits per heavy atom. The predicted molar refractivity (Wildman–Crippen MR) is 93.3 cm³/mol. The lowest BCUT2D eigenvalue weighted by atomic mass is 10.2. The smallest absolute Gasteiger partial charge is 0.260 e. The Morgan fingerprint density at radius 3 is 2.48 bits per heavy atom. The molecule has 0 bridgehead atoms. The molecule has 0 aliphatic carbocycles. The molecule has 1 aliphatic rings. The van der Waals surface area contributed by atoms with Gasteiger partial charge in [-0.1, -0.05) is 18.2 Å². The summed E-state index contributed by atoms with van der Waals surface area (Å²) >= 11 is 0. The molecule has 0 spiro atoms. The van der Waals surface area contributed by atoms with E-state index in [2.05, 4.69) is 4.98 Å². The van der Waals surface area contributed by atoms with Gasteiger partial charge in [0, 0.05) is 38.6 Å². The molecule has 0 unspecified atom stereocenters. The van der Waals surface area contributed by atoms with Gasteiger partial charge in [-0.2, -0.15) is 0 Å². The molecular formula is C19H21N3O3. The number of amides is 2. The molecule has 0 N–H and O–H groups in total.